The van der Waals surface area contributed by atoms with Crippen molar-refractivity contribution in [3.63, 3.8) is 0 Å². The Bertz CT molecular complexity index is 446. The third-order valence-electron chi connectivity index (χ3n) is 2.02. The van der Waals surface area contributed by atoms with Crippen molar-refractivity contribution in [2.45, 2.75) is 12.6 Å². The maximum Gasteiger partial charge on any atom is 0.416 e. The number of anilines is 1. The van der Waals surface area contributed by atoms with Crippen LogP contribution in [0.1, 0.15) is 12.0 Å². The number of terminal acetylenes is 1. The zero-order valence-corrected chi connectivity index (χ0v) is 9.34. The maximum absolute atomic E-state index is 12.3. The zero-order chi connectivity index (χ0) is 13.6. The highest BCUT2D eigenvalue weighted by molar-refractivity contribution is 5.89. The summed E-state index contributed by atoms with van der Waals surface area (Å²) >= 11 is 0. The first kappa shape index (κ1) is 13.9. The molecule has 0 fully saturated rings. The molecule has 96 valence electrons. The Morgan fingerprint density at radius 1 is 1.28 bits per heavy atom. The van der Waals surface area contributed by atoms with Crippen LogP contribution in [0, 0.1) is 12.3 Å². The summed E-state index contributed by atoms with van der Waals surface area (Å²) in [5.74, 6) is 2.34. The van der Waals surface area contributed by atoms with Crippen LogP contribution in [0.5, 0.6) is 0 Å². The number of alkyl halides is 3. The lowest BCUT2D eigenvalue weighted by molar-refractivity contribution is -0.137. The average molecular weight is 256 g/mol. The van der Waals surface area contributed by atoms with Crippen molar-refractivity contribution in [3.8, 4) is 12.3 Å². The molecule has 0 aliphatic heterocycles. The Hall–Kier alpha value is -2.16. The molecule has 0 bridgehead atoms. The highest BCUT2D eigenvalue weighted by Gasteiger charge is 2.29. The standard InChI is InChI=1S/C12H11F3N2O/c1-2-3-8-16-11(18)17-10-6-4-9(5-7-10)12(13,14)15/h1,4-7H,3,8H2,(H2,16,17,18). The fraction of sp³-hybridized carbons (Fsp3) is 0.250. The zero-order valence-electron chi connectivity index (χ0n) is 9.34. The molecule has 0 spiro atoms. The number of hydrogen-bond acceptors (Lipinski definition) is 1. The molecule has 0 radical (unpaired) electrons. The van der Waals surface area contributed by atoms with Gasteiger partial charge in [-0.1, -0.05) is 0 Å². The summed E-state index contributed by atoms with van der Waals surface area (Å²) in [4.78, 5) is 11.3. The fourth-order valence-corrected chi connectivity index (χ4v) is 1.17. The molecule has 0 atom stereocenters. The van der Waals surface area contributed by atoms with Crippen molar-refractivity contribution in [1.29, 1.82) is 0 Å². The summed E-state index contributed by atoms with van der Waals surface area (Å²) in [6.07, 6.45) is 1.00. The van der Waals surface area contributed by atoms with E-state index in [1.54, 1.807) is 0 Å². The second-order valence-electron chi connectivity index (χ2n) is 3.41. The van der Waals surface area contributed by atoms with Gasteiger partial charge in [0.1, 0.15) is 0 Å². The minimum absolute atomic E-state index is 0.279. The first-order valence-electron chi connectivity index (χ1n) is 5.09. The molecule has 0 saturated carbocycles. The second-order valence-corrected chi connectivity index (χ2v) is 3.41. The fourth-order valence-electron chi connectivity index (χ4n) is 1.17. The van der Waals surface area contributed by atoms with Crippen molar-refractivity contribution in [2.75, 3.05) is 11.9 Å². The molecule has 18 heavy (non-hydrogen) atoms. The van der Waals surface area contributed by atoms with Gasteiger partial charge in [-0.3, -0.25) is 0 Å². The first-order chi connectivity index (χ1) is 8.43. The molecule has 1 aromatic rings. The molecule has 0 aliphatic rings. The Kier molecular flexibility index (Phi) is 4.60. The summed E-state index contributed by atoms with van der Waals surface area (Å²) < 4.78 is 36.8. The molecule has 0 aromatic heterocycles. The predicted molar refractivity (Wildman–Crippen MR) is 61.9 cm³/mol. The number of nitrogens with one attached hydrogen (secondary N) is 2. The third-order valence-corrected chi connectivity index (χ3v) is 2.02. The number of urea groups is 1. The summed E-state index contributed by atoms with van der Waals surface area (Å²) in [5.41, 5.74) is -0.484. The molecular weight excluding hydrogens is 245 g/mol. The van der Waals surface area contributed by atoms with Crippen LogP contribution in [0.25, 0.3) is 0 Å². The Morgan fingerprint density at radius 2 is 1.89 bits per heavy atom. The SMILES string of the molecule is C#CCCNC(=O)Nc1ccc(C(F)(F)F)cc1. The summed E-state index contributed by atoms with van der Waals surface area (Å²) in [6, 6.07) is 3.66. The van der Waals surface area contributed by atoms with Gasteiger partial charge < -0.3 is 10.6 Å². The van der Waals surface area contributed by atoms with E-state index in [0.717, 1.165) is 12.1 Å². The minimum Gasteiger partial charge on any atom is -0.337 e. The molecule has 1 rings (SSSR count). The normalized spacial score (nSPS) is 10.6. The van der Waals surface area contributed by atoms with Crippen LogP contribution in [0.2, 0.25) is 0 Å². The van der Waals surface area contributed by atoms with Crippen molar-refractivity contribution in [1.82, 2.24) is 5.32 Å². The van der Waals surface area contributed by atoms with Crippen molar-refractivity contribution < 1.29 is 18.0 Å². The van der Waals surface area contributed by atoms with Crippen LogP contribution >= 0.6 is 0 Å². The summed E-state index contributed by atoms with van der Waals surface area (Å²) in [5, 5.41) is 4.86. The Balaban J connectivity index is 2.54. The van der Waals surface area contributed by atoms with E-state index in [9.17, 15) is 18.0 Å². The van der Waals surface area contributed by atoms with Crippen molar-refractivity contribution in [2.24, 2.45) is 0 Å². The number of benzene rings is 1. The first-order valence-corrected chi connectivity index (χ1v) is 5.09. The van der Waals surface area contributed by atoms with Gasteiger partial charge in [0, 0.05) is 18.7 Å². The second kappa shape index (κ2) is 5.96. The molecule has 0 heterocycles. The van der Waals surface area contributed by atoms with Gasteiger partial charge in [0.15, 0.2) is 0 Å². The molecule has 2 N–H and O–H groups in total. The topological polar surface area (TPSA) is 41.1 Å². The average Bonchev–Trinajstić information content (AvgIpc) is 2.29. The van der Waals surface area contributed by atoms with Crippen LogP contribution in [0.3, 0.4) is 0 Å². The van der Waals surface area contributed by atoms with Crippen molar-refractivity contribution in [3.05, 3.63) is 29.8 Å². The molecule has 6 heteroatoms. The maximum atomic E-state index is 12.3. The van der Waals surface area contributed by atoms with E-state index in [0.29, 0.717) is 13.0 Å². The quantitative estimate of drug-likeness (QED) is 0.633. The largest absolute Gasteiger partial charge is 0.416 e. The van der Waals surface area contributed by atoms with Gasteiger partial charge in [0.25, 0.3) is 0 Å². The lowest BCUT2D eigenvalue weighted by atomic mass is 10.2. The van der Waals surface area contributed by atoms with Crippen LogP contribution in [-0.4, -0.2) is 12.6 Å². The lowest BCUT2D eigenvalue weighted by Crippen LogP contribution is -2.29. The van der Waals surface area contributed by atoms with E-state index in [2.05, 4.69) is 16.6 Å². The van der Waals surface area contributed by atoms with E-state index >= 15 is 0 Å². The van der Waals surface area contributed by atoms with Crippen LogP contribution in [0.15, 0.2) is 24.3 Å². The molecule has 2 amide bonds. The van der Waals surface area contributed by atoms with E-state index in [4.69, 9.17) is 6.42 Å². The number of carbonyl (C=O) groups is 1. The van der Waals surface area contributed by atoms with Crippen molar-refractivity contribution >= 4 is 11.7 Å². The van der Waals surface area contributed by atoms with E-state index in [1.165, 1.54) is 12.1 Å². The van der Waals surface area contributed by atoms with E-state index < -0.39 is 17.8 Å². The third kappa shape index (κ3) is 4.37. The van der Waals surface area contributed by atoms with Gasteiger partial charge >= 0.3 is 12.2 Å². The molecule has 3 nitrogen and oxygen atoms in total. The van der Waals surface area contributed by atoms with Gasteiger partial charge in [-0.2, -0.15) is 13.2 Å². The van der Waals surface area contributed by atoms with Gasteiger partial charge in [0.2, 0.25) is 0 Å². The molecule has 0 saturated heterocycles. The molecule has 0 aliphatic carbocycles. The number of amides is 2. The molecule has 1 aromatic carbocycles. The van der Waals surface area contributed by atoms with E-state index in [-0.39, 0.29) is 5.69 Å². The number of carbonyl (C=O) groups excluding carboxylic acids is 1. The lowest BCUT2D eigenvalue weighted by Gasteiger charge is -2.09. The van der Waals surface area contributed by atoms with Crippen LogP contribution < -0.4 is 10.6 Å². The highest BCUT2D eigenvalue weighted by atomic mass is 19.4. The smallest absolute Gasteiger partial charge is 0.337 e. The Labute approximate surface area is 102 Å². The molecule has 0 unspecified atom stereocenters. The van der Waals surface area contributed by atoms with Crippen LogP contribution in [0.4, 0.5) is 23.7 Å². The predicted octanol–water partition coefficient (Wildman–Crippen LogP) is 2.85. The van der Waals surface area contributed by atoms with Gasteiger partial charge in [-0.05, 0) is 24.3 Å². The molecular formula is C12H11F3N2O. The summed E-state index contributed by atoms with van der Waals surface area (Å²) in [7, 11) is 0. The van der Waals surface area contributed by atoms with Crippen LogP contribution in [-0.2, 0) is 6.18 Å². The monoisotopic (exact) mass is 256 g/mol. The summed E-state index contributed by atoms with van der Waals surface area (Å²) in [6.45, 7) is 0.309. The van der Waals surface area contributed by atoms with Gasteiger partial charge in [-0.25, -0.2) is 4.79 Å². The number of halogens is 3. The van der Waals surface area contributed by atoms with E-state index in [1.807, 2.05) is 0 Å². The number of rotatable bonds is 3. The van der Waals surface area contributed by atoms with Gasteiger partial charge in [-0.15, -0.1) is 12.3 Å². The van der Waals surface area contributed by atoms with Gasteiger partial charge in [0.05, 0.1) is 5.56 Å². The Morgan fingerprint density at radius 3 is 2.39 bits per heavy atom. The minimum atomic E-state index is -4.38. The number of hydrogen-bond donors (Lipinski definition) is 2. The highest BCUT2D eigenvalue weighted by Crippen LogP contribution is 2.29.